The van der Waals surface area contributed by atoms with E-state index >= 15 is 0 Å². The Kier molecular flexibility index (Phi) is 3.43. The summed E-state index contributed by atoms with van der Waals surface area (Å²) in [5.74, 6) is -0.0177. The lowest BCUT2D eigenvalue weighted by molar-refractivity contribution is 0.0773. The van der Waals surface area contributed by atoms with Crippen molar-refractivity contribution in [3.63, 3.8) is 0 Å². The average molecular weight is 316 g/mol. The number of nitrogens with one attached hydrogen (secondary N) is 1. The minimum absolute atomic E-state index is 0.0695. The number of aromatic amines is 1. The van der Waals surface area contributed by atoms with Gasteiger partial charge in [0.1, 0.15) is 0 Å². The molecule has 2 heterocycles. The molecular formula is C9H10BrN5OS. The van der Waals surface area contributed by atoms with Gasteiger partial charge in [0.2, 0.25) is 11.8 Å². The molecule has 6 nitrogen and oxygen atoms in total. The summed E-state index contributed by atoms with van der Waals surface area (Å²) in [7, 11) is 1.70. The van der Waals surface area contributed by atoms with E-state index in [9.17, 15) is 4.79 Å². The second-order valence-corrected chi connectivity index (χ2v) is 5.75. The molecule has 8 heteroatoms. The number of nitrogens with two attached hydrogens (primary N) is 1. The number of carbonyl (C=O) groups is 1. The molecule has 0 saturated carbocycles. The van der Waals surface area contributed by atoms with Gasteiger partial charge in [0.25, 0.3) is 5.91 Å². The van der Waals surface area contributed by atoms with Gasteiger partial charge in [0, 0.05) is 13.6 Å². The number of anilines is 1. The molecule has 0 radical (unpaired) electrons. The highest BCUT2D eigenvalue weighted by Crippen LogP contribution is 2.21. The third kappa shape index (κ3) is 2.83. The summed E-state index contributed by atoms with van der Waals surface area (Å²) in [6.45, 7) is 0.515. The van der Waals surface area contributed by atoms with E-state index in [1.54, 1.807) is 23.3 Å². The highest BCUT2D eigenvalue weighted by atomic mass is 79.9. The number of aromatic nitrogens is 3. The molecule has 2 aromatic rings. The Bertz CT molecular complexity index is 537. The minimum Gasteiger partial charge on any atom is -0.366 e. The van der Waals surface area contributed by atoms with E-state index in [1.807, 2.05) is 11.4 Å². The normalized spacial score (nSPS) is 10.5. The summed E-state index contributed by atoms with van der Waals surface area (Å²) in [6, 6.07) is 1.98. The lowest BCUT2D eigenvalue weighted by atomic mass is 10.3. The van der Waals surface area contributed by atoms with Gasteiger partial charge in [0.15, 0.2) is 0 Å². The Morgan fingerprint density at radius 3 is 3.00 bits per heavy atom. The summed E-state index contributed by atoms with van der Waals surface area (Å²) in [5.41, 5.74) is 6.40. The Morgan fingerprint density at radius 1 is 1.71 bits per heavy atom. The van der Waals surface area contributed by atoms with E-state index in [2.05, 4.69) is 31.1 Å². The van der Waals surface area contributed by atoms with Crippen molar-refractivity contribution in [2.75, 3.05) is 12.8 Å². The van der Waals surface area contributed by atoms with Crippen LogP contribution in [-0.4, -0.2) is 33.0 Å². The van der Waals surface area contributed by atoms with E-state index in [0.29, 0.717) is 6.54 Å². The zero-order valence-electron chi connectivity index (χ0n) is 8.98. The SMILES string of the molecule is CN(Cc1csc(Br)c1)C(=O)c1nc(N)n[nH]1. The van der Waals surface area contributed by atoms with E-state index in [4.69, 9.17) is 5.73 Å². The lowest BCUT2D eigenvalue weighted by Crippen LogP contribution is -2.27. The van der Waals surface area contributed by atoms with Crippen LogP contribution in [0.5, 0.6) is 0 Å². The van der Waals surface area contributed by atoms with Crippen LogP contribution in [0.15, 0.2) is 15.2 Å². The van der Waals surface area contributed by atoms with Crippen LogP contribution in [0.25, 0.3) is 0 Å². The molecule has 0 aliphatic heterocycles. The molecule has 0 fully saturated rings. The second kappa shape index (κ2) is 4.84. The van der Waals surface area contributed by atoms with Crippen molar-refractivity contribution < 1.29 is 4.79 Å². The lowest BCUT2D eigenvalue weighted by Gasteiger charge is -2.14. The second-order valence-electron chi connectivity index (χ2n) is 3.46. The third-order valence-electron chi connectivity index (χ3n) is 2.09. The van der Waals surface area contributed by atoms with Crippen molar-refractivity contribution in [3.8, 4) is 0 Å². The highest BCUT2D eigenvalue weighted by Gasteiger charge is 2.16. The first-order valence-corrected chi connectivity index (χ1v) is 6.40. The predicted octanol–water partition coefficient (Wildman–Crippen LogP) is 1.48. The van der Waals surface area contributed by atoms with Gasteiger partial charge >= 0.3 is 0 Å². The average Bonchev–Trinajstić information content (AvgIpc) is 2.87. The number of hydrogen-bond acceptors (Lipinski definition) is 5. The number of rotatable bonds is 3. The van der Waals surface area contributed by atoms with E-state index < -0.39 is 0 Å². The molecule has 0 bridgehead atoms. The minimum atomic E-state index is -0.239. The summed E-state index contributed by atoms with van der Waals surface area (Å²) in [5, 5.41) is 8.10. The maximum absolute atomic E-state index is 11.9. The molecule has 0 aliphatic rings. The number of nitrogens with zero attached hydrogens (tertiary/aromatic N) is 3. The number of nitrogen functional groups attached to an aromatic ring is 1. The van der Waals surface area contributed by atoms with Crippen LogP contribution < -0.4 is 5.73 Å². The van der Waals surface area contributed by atoms with Gasteiger partial charge in [0.05, 0.1) is 3.79 Å². The number of H-pyrrole nitrogens is 1. The Balaban J connectivity index is 2.05. The largest absolute Gasteiger partial charge is 0.366 e. The standard InChI is InChI=1S/C9H10BrN5OS/c1-15(3-5-2-6(10)17-4-5)8(16)7-12-9(11)14-13-7/h2,4H,3H2,1H3,(H3,11,12,13,14). The Morgan fingerprint density at radius 2 is 2.47 bits per heavy atom. The van der Waals surface area contributed by atoms with Crippen molar-refractivity contribution in [2.45, 2.75) is 6.54 Å². The fraction of sp³-hybridized carbons (Fsp3) is 0.222. The monoisotopic (exact) mass is 315 g/mol. The maximum atomic E-state index is 11.9. The number of carbonyl (C=O) groups excluding carboxylic acids is 1. The fourth-order valence-corrected chi connectivity index (χ4v) is 2.53. The molecule has 0 unspecified atom stereocenters. The topological polar surface area (TPSA) is 87.9 Å². The molecule has 1 amide bonds. The van der Waals surface area contributed by atoms with Crippen molar-refractivity contribution in [1.82, 2.24) is 20.1 Å². The number of halogens is 1. The maximum Gasteiger partial charge on any atom is 0.291 e. The van der Waals surface area contributed by atoms with Crippen LogP contribution in [0.1, 0.15) is 16.2 Å². The highest BCUT2D eigenvalue weighted by molar-refractivity contribution is 9.11. The molecule has 2 aromatic heterocycles. The van der Waals surface area contributed by atoms with Gasteiger partial charge in [-0.2, -0.15) is 4.98 Å². The molecular weight excluding hydrogens is 306 g/mol. The van der Waals surface area contributed by atoms with Gasteiger partial charge in [-0.25, -0.2) is 0 Å². The molecule has 0 aliphatic carbocycles. The fourth-order valence-electron chi connectivity index (χ4n) is 1.33. The van der Waals surface area contributed by atoms with Crippen LogP contribution in [-0.2, 0) is 6.54 Å². The summed E-state index contributed by atoms with van der Waals surface area (Å²) in [4.78, 5) is 17.2. The number of hydrogen-bond donors (Lipinski definition) is 2. The number of amides is 1. The quantitative estimate of drug-likeness (QED) is 0.898. The third-order valence-corrected chi connectivity index (χ3v) is 3.65. The van der Waals surface area contributed by atoms with Crippen molar-refractivity contribution in [3.05, 3.63) is 26.6 Å². The van der Waals surface area contributed by atoms with Gasteiger partial charge in [-0.05, 0) is 32.9 Å². The zero-order chi connectivity index (χ0) is 12.4. The molecule has 0 aromatic carbocycles. The molecule has 2 rings (SSSR count). The van der Waals surface area contributed by atoms with Crippen molar-refractivity contribution in [2.24, 2.45) is 0 Å². The molecule has 0 spiro atoms. The van der Waals surface area contributed by atoms with Gasteiger partial charge in [-0.3, -0.25) is 9.89 Å². The van der Waals surface area contributed by atoms with E-state index in [-0.39, 0.29) is 17.7 Å². The van der Waals surface area contributed by atoms with E-state index in [1.165, 1.54) is 0 Å². The first-order valence-electron chi connectivity index (χ1n) is 4.72. The summed E-state index contributed by atoms with van der Waals surface area (Å²) in [6.07, 6.45) is 0. The molecule has 0 atom stereocenters. The first-order chi connectivity index (χ1) is 8.06. The molecule has 3 N–H and O–H groups in total. The molecule has 90 valence electrons. The Hall–Kier alpha value is -1.41. The first kappa shape index (κ1) is 12.1. The van der Waals surface area contributed by atoms with Crippen LogP contribution in [0.2, 0.25) is 0 Å². The van der Waals surface area contributed by atoms with Crippen molar-refractivity contribution in [1.29, 1.82) is 0 Å². The predicted molar refractivity (Wildman–Crippen MR) is 68.6 cm³/mol. The zero-order valence-corrected chi connectivity index (χ0v) is 11.4. The Labute approximate surface area is 110 Å². The molecule has 17 heavy (non-hydrogen) atoms. The van der Waals surface area contributed by atoms with Gasteiger partial charge < -0.3 is 10.6 Å². The van der Waals surface area contributed by atoms with Crippen LogP contribution in [0.4, 0.5) is 5.95 Å². The summed E-state index contributed by atoms with van der Waals surface area (Å²) >= 11 is 4.96. The smallest absolute Gasteiger partial charge is 0.291 e. The van der Waals surface area contributed by atoms with Gasteiger partial charge in [-0.15, -0.1) is 16.4 Å². The van der Waals surface area contributed by atoms with E-state index in [0.717, 1.165) is 9.35 Å². The van der Waals surface area contributed by atoms with Gasteiger partial charge in [-0.1, -0.05) is 0 Å². The summed E-state index contributed by atoms with van der Waals surface area (Å²) < 4.78 is 1.04. The van der Waals surface area contributed by atoms with Crippen LogP contribution in [0, 0.1) is 0 Å². The van der Waals surface area contributed by atoms with Crippen LogP contribution >= 0.6 is 27.3 Å². The number of thiophene rings is 1. The molecule has 0 saturated heterocycles. The van der Waals surface area contributed by atoms with Crippen molar-refractivity contribution >= 4 is 39.1 Å². The van der Waals surface area contributed by atoms with Crippen LogP contribution in [0.3, 0.4) is 0 Å².